The molecule has 0 aliphatic heterocycles. The van der Waals surface area contributed by atoms with Crippen LogP contribution in [0.25, 0.3) is 0 Å². The second-order valence-electron chi connectivity index (χ2n) is 0.770. The maximum Gasteiger partial charge on any atom is 2.00 e. The molecule has 0 heterocycles. The molecule has 0 saturated carbocycles. The van der Waals surface area contributed by atoms with Crippen LogP contribution >= 0.6 is 0 Å². The van der Waals surface area contributed by atoms with Crippen molar-refractivity contribution in [3.05, 3.63) is 0 Å². The van der Waals surface area contributed by atoms with Gasteiger partial charge in [-0.3, -0.25) is 0 Å². The van der Waals surface area contributed by atoms with Crippen molar-refractivity contribution in [3.8, 4) is 0 Å². The van der Waals surface area contributed by atoms with Crippen molar-refractivity contribution in [2.45, 2.75) is 0 Å². The van der Waals surface area contributed by atoms with Crippen LogP contribution in [0.5, 0.6) is 0 Å². The maximum absolute atomic E-state index is 8.81. The molecule has 8 nitrogen and oxygen atoms in total. The van der Waals surface area contributed by atoms with Crippen LogP contribution in [-0.2, 0) is 68.0 Å². The van der Waals surface area contributed by atoms with E-state index in [1.54, 1.807) is 0 Å². The van der Waals surface area contributed by atoms with E-state index in [2.05, 4.69) is 9.61 Å². The van der Waals surface area contributed by atoms with Crippen molar-refractivity contribution in [3.63, 3.8) is 0 Å². The predicted octanol–water partition coefficient (Wildman–Crippen LogP) is -8.04. The Bertz CT molecular complexity index is 53.4. The van der Waals surface area contributed by atoms with Crippen molar-refractivity contribution in [2.24, 2.45) is 0 Å². The molecule has 0 radical (unpaired) electrons. The van der Waals surface area contributed by atoms with Crippen molar-refractivity contribution >= 4 is 14.6 Å². The van der Waals surface area contributed by atoms with Crippen LogP contribution in [0.4, 0.5) is 0 Å². The average Bonchev–Trinajstić information content (AvgIpc) is 1.89. The third-order valence-electron chi connectivity index (χ3n) is 0.157. The van der Waals surface area contributed by atoms with Gasteiger partial charge in [-0.15, -0.1) is 0 Å². The molecule has 0 aromatic carbocycles. The summed E-state index contributed by atoms with van der Waals surface area (Å²) in [5.41, 5.74) is 0. The summed E-state index contributed by atoms with van der Waals surface area (Å²) in [6.07, 6.45) is 0. The monoisotopic (exact) mass is 342 g/mol. The fourth-order valence-corrected chi connectivity index (χ4v) is 0. The van der Waals surface area contributed by atoms with E-state index in [1.165, 1.54) is 0 Å². The first-order chi connectivity index (χ1) is 4.54. The van der Waals surface area contributed by atoms with E-state index in [4.69, 9.17) is 30.6 Å². The minimum atomic E-state index is -2.67. The summed E-state index contributed by atoms with van der Waals surface area (Å²) in [7, 11) is -5.34. The molecule has 0 saturated heterocycles. The molecule has 0 aromatic rings. The second-order valence-corrected chi connectivity index (χ2v) is 0.770. The van der Waals surface area contributed by atoms with E-state index in [0.29, 0.717) is 0 Å². The van der Waals surface area contributed by atoms with E-state index >= 15 is 0 Å². The van der Waals surface area contributed by atoms with Crippen LogP contribution in [0.2, 0.25) is 0 Å². The van der Waals surface area contributed by atoms with Crippen LogP contribution in [0, 0.1) is 0 Å². The Labute approximate surface area is 113 Å². The summed E-state index contributed by atoms with van der Waals surface area (Å²) in [4.78, 5) is 4.78. The Morgan fingerprint density at radius 2 is 0.692 bits per heavy atom. The SMILES string of the molecule is [O-]OB([O-])[O-].[O-]OB([O-])[O-].[Zn+2].[Zn+2].[Zn+2]. The van der Waals surface area contributed by atoms with Crippen molar-refractivity contribution in [1.29, 1.82) is 0 Å². The second kappa shape index (κ2) is 23.5. The van der Waals surface area contributed by atoms with E-state index in [0.717, 1.165) is 0 Å². The smallest absolute Gasteiger partial charge is 0.871 e. The largest absolute Gasteiger partial charge is 2.00 e. The van der Waals surface area contributed by atoms with Gasteiger partial charge in [0.2, 0.25) is 0 Å². The van der Waals surface area contributed by atoms with Gasteiger partial charge in [0.1, 0.15) is 0 Å². The molecule has 0 rings (SSSR count). The average molecular weight is 346 g/mol. The molecule has 0 aliphatic rings. The molecule has 0 bridgehead atoms. The van der Waals surface area contributed by atoms with E-state index in [-0.39, 0.29) is 58.4 Å². The van der Waals surface area contributed by atoms with Crippen LogP contribution in [0.15, 0.2) is 0 Å². The Kier molecular flexibility index (Phi) is 52.9. The molecule has 0 N–H and O–H groups in total. The first kappa shape index (κ1) is 29.3. The summed E-state index contributed by atoms with van der Waals surface area (Å²) in [5, 5.41) is 52.2. The molecule has 0 unspecified atom stereocenters. The number of hydrogen-bond donors (Lipinski definition) is 0. The van der Waals surface area contributed by atoms with Gasteiger partial charge in [-0.25, -0.2) is 0 Å². The molecule has 0 spiro atoms. The van der Waals surface area contributed by atoms with Gasteiger partial charge >= 0.3 is 58.4 Å². The van der Waals surface area contributed by atoms with Gasteiger partial charge in [-0.05, 0) is 0 Å². The zero-order valence-electron chi connectivity index (χ0n) is 6.54. The fourth-order valence-electron chi connectivity index (χ4n) is 0. The summed E-state index contributed by atoms with van der Waals surface area (Å²) in [6, 6.07) is 0. The summed E-state index contributed by atoms with van der Waals surface area (Å²) in [5.74, 6) is 0. The fraction of sp³-hybridized carbons (Fsp3) is 0. The minimum absolute atomic E-state index is 0. The normalized spacial score (nSPS) is 6.00. The molecule has 0 fully saturated rings. The number of rotatable bonds is 2. The van der Waals surface area contributed by atoms with Gasteiger partial charge in [0.15, 0.2) is 0 Å². The molecule has 60 valence electrons. The van der Waals surface area contributed by atoms with Gasteiger partial charge in [0.05, 0.1) is 0 Å². The van der Waals surface area contributed by atoms with Crippen LogP contribution < -0.4 is 30.6 Å². The first-order valence-corrected chi connectivity index (χ1v) is 1.75. The van der Waals surface area contributed by atoms with Gasteiger partial charge in [0, 0.05) is 14.6 Å². The molecular formula is B2O8Zn3. The molecule has 13 heavy (non-hydrogen) atoms. The molecule has 13 heteroatoms. The zero-order valence-corrected chi connectivity index (χ0v) is 15.4. The predicted molar refractivity (Wildman–Crippen MR) is 13.7 cm³/mol. The Balaban J connectivity index is -0.0000000267. The van der Waals surface area contributed by atoms with Crippen molar-refractivity contribution in [1.82, 2.24) is 0 Å². The van der Waals surface area contributed by atoms with Gasteiger partial charge in [-0.2, -0.15) is 0 Å². The van der Waals surface area contributed by atoms with Gasteiger partial charge < -0.3 is 40.2 Å². The first-order valence-electron chi connectivity index (χ1n) is 1.75. The zero-order chi connectivity index (χ0) is 8.57. The minimum Gasteiger partial charge on any atom is -0.871 e. The van der Waals surface area contributed by atoms with E-state index in [1.807, 2.05) is 0 Å². The molecule has 0 amide bonds. The summed E-state index contributed by atoms with van der Waals surface area (Å²) in [6.45, 7) is 0. The van der Waals surface area contributed by atoms with Gasteiger partial charge in [0.25, 0.3) is 0 Å². The molecule has 0 aliphatic carbocycles. The van der Waals surface area contributed by atoms with Crippen LogP contribution in [0.3, 0.4) is 0 Å². The summed E-state index contributed by atoms with van der Waals surface area (Å²) < 4.78 is 0. The Morgan fingerprint density at radius 1 is 0.615 bits per heavy atom. The van der Waals surface area contributed by atoms with Crippen LogP contribution in [0.1, 0.15) is 0 Å². The third kappa shape index (κ3) is 57.8. The van der Waals surface area contributed by atoms with Crippen molar-refractivity contribution < 1.29 is 98.7 Å². The molecule has 0 aromatic heterocycles. The van der Waals surface area contributed by atoms with E-state index in [9.17, 15) is 0 Å². The Morgan fingerprint density at radius 3 is 0.692 bits per heavy atom. The van der Waals surface area contributed by atoms with Crippen molar-refractivity contribution in [2.75, 3.05) is 0 Å². The molecule has 0 atom stereocenters. The number of hydrogen-bond acceptors (Lipinski definition) is 8. The topological polar surface area (TPSA) is 157 Å². The van der Waals surface area contributed by atoms with Gasteiger partial charge in [-0.1, -0.05) is 0 Å². The van der Waals surface area contributed by atoms with Crippen LogP contribution in [-0.4, -0.2) is 14.6 Å². The molecular weight excluding hydrogens is 346 g/mol. The maximum atomic E-state index is 8.81. The Hall–Kier alpha value is 1.68. The third-order valence-corrected chi connectivity index (χ3v) is 0.157. The van der Waals surface area contributed by atoms with E-state index < -0.39 is 14.6 Å². The quantitative estimate of drug-likeness (QED) is 0.271. The summed E-state index contributed by atoms with van der Waals surface area (Å²) >= 11 is 0. The standard InChI is InChI=1S/2BHO4.3Zn/c2*2-1(3)5-4;;;/h2*4H;;;/q2*-2;3*+2/p-2.